The number of amides is 2. The summed E-state index contributed by atoms with van der Waals surface area (Å²) in [5.41, 5.74) is 5.97. The second-order valence-corrected chi connectivity index (χ2v) is 8.44. The average Bonchev–Trinajstić information content (AvgIpc) is 2.57. The summed E-state index contributed by atoms with van der Waals surface area (Å²) in [5.74, 6) is -1.79. The maximum atomic E-state index is 12.8. The van der Waals surface area contributed by atoms with Crippen LogP contribution in [0.15, 0.2) is 11.6 Å². The standard InChI is InChI=1S/C20H35N3O5/c1-7-13(8-2)28-15-10-12(9-14(21)16(15)22-11(3)24)18(25)23-17(19(26)27)20(4,5)6/h10,13-17H,7-9,21H2,1-6H3,(H,22,24)(H,23,25)(H,26,27)/t14-,15+,16+,17-/m0/s1. The van der Waals surface area contributed by atoms with Gasteiger partial charge in [-0.2, -0.15) is 0 Å². The topological polar surface area (TPSA) is 131 Å². The van der Waals surface area contributed by atoms with E-state index >= 15 is 0 Å². The molecule has 0 saturated heterocycles. The first-order chi connectivity index (χ1) is 12.9. The van der Waals surface area contributed by atoms with Crippen molar-refractivity contribution in [1.82, 2.24) is 10.6 Å². The van der Waals surface area contributed by atoms with E-state index in [2.05, 4.69) is 10.6 Å². The first-order valence-electron chi connectivity index (χ1n) is 9.83. The summed E-state index contributed by atoms with van der Waals surface area (Å²) in [7, 11) is 0. The maximum Gasteiger partial charge on any atom is 0.326 e. The van der Waals surface area contributed by atoms with E-state index in [9.17, 15) is 19.5 Å². The lowest BCUT2D eigenvalue weighted by molar-refractivity contribution is -0.144. The molecule has 0 saturated carbocycles. The van der Waals surface area contributed by atoms with Gasteiger partial charge in [-0.15, -0.1) is 0 Å². The van der Waals surface area contributed by atoms with Gasteiger partial charge in [-0.3, -0.25) is 9.59 Å². The van der Waals surface area contributed by atoms with Crippen molar-refractivity contribution in [3.63, 3.8) is 0 Å². The Labute approximate surface area is 167 Å². The highest BCUT2D eigenvalue weighted by Gasteiger charge is 2.38. The molecule has 1 aliphatic carbocycles. The minimum absolute atomic E-state index is 0.0338. The molecule has 8 nitrogen and oxygen atoms in total. The van der Waals surface area contributed by atoms with Crippen LogP contribution in [0.1, 0.15) is 60.8 Å². The Morgan fingerprint density at radius 1 is 1.29 bits per heavy atom. The van der Waals surface area contributed by atoms with Crippen molar-refractivity contribution in [2.24, 2.45) is 11.1 Å². The molecule has 160 valence electrons. The van der Waals surface area contributed by atoms with Gasteiger partial charge < -0.3 is 26.2 Å². The molecule has 0 heterocycles. The van der Waals surface area contributed by atoms with Crippen LogP contribution in [0.2, 0.25) is 0 Å². The highest BCUT2D eigenvalue weighted by molar-refractivity contribution is 5.96. The van der Waals surface area contributed by atoms with Gasteiger partial charge in [-0.1, -0.05) is 34.6 Å². The lowest BCUT2D eigenvalue weighted by Gasteiger charge is -2.37. The van der Waals surface area contributed by atoms with Gasteiger partial charge in [0.05, 0.1) is 18.2 Å². The summed E-state index contributed by atoms with van der Waals surface area (Å²) < 4.78 is 6.11. The Morgan fingerprint density at radius 2 is 1.86 bits per heavy atom. The van der Waals surface area contributed by atoms with Crippen LogP contribution in [-0.2, 0) is 19.1 Å². The van der Waals surface area contributed by atoms with Crippen molar-refractivity contribution in [3.05, 3.63) is 11.6 Å². The van der Waals surface area contributed by atoms with E-state index in [0.717, 1.165) is 12.8 Å². The third kappa shape index (κ3) is 6.60. The molecule has 8 heteroatoms. The van der Waals surface area contributed by atoms with Crippen LogP contribution in [0.25, 0.3) is 0 Å². The number of carbonyl (C=O) groups is 3. The van der Waals surface area contributed by atoms with Gasteiger partial charge in [0.15, 0.2) is 0 Å². The highest BCUT2D eigenvalue weighted by atomic mass is 16.5. The second kappa shape index (κ2) is 10.0. The fourth-order valence-electron chi connectivity index (χ4n) is 3.29. The number of carboxylic acid groups (broad SMARTS) is 1. The minimum Gasteiger partial charge on any atom is -0.480 e. The van der Waals surface area contributed by atoms with E-state index in [4.69, 9.17) is 10.5 Å². The van der Waals surface area contributed by atoms with Gasteiger partial charge in [0, 0.05) is 18.5 Å². The zero-order chi connectivity index (χ0) is 21.6. The number of hydrogen-bond donors (Lipinski definition) is 4. The van der Waals surface area contributed by atoms with E-state index in [1.807, 2.05) is 13.8 Å². The first kappa shape index (κ1) is 24.1. The van der Waals surface area contributed by atoms with Crippen LogP contribution in [-0.4, -0.2) is 53.2 Å². The maximum absolute atomic E-state index is 12.8. The van der Waals surface area contributed by atoms with E-state index in [0.29, 0.717) is 5.57 Å². The van der Waals surface area contributed by atoms with Crippen LogP contribution in [0.3, 0.4) is 0 Å². The summed E-state index contributed by atoms with van der Waals surface area (Å²) in [6.45, 7) is 10.7. The zero-order valence-electron chi connectivity index (χ0n) is 17.7. The summed E-state index contributed by atoms with van der Waals surface area (Å²) in [6, 6.07) is -2.01. The van der Waals surface area contributed by atoms with Gasteiger partial charge in [-0.05, 0) is 30.8 Å². The first-order valence-corrected chi connectivity index (χ1v) is 9.83. The molecule has 0 aromatic rings. The zero-order valence-corrected chi connectivity index (χ0v) is 17.7. The number of carboxylic acids is 1. The molecule has 0 aliphatic heterocycles. The molecule has 5 N–H and O–H groups in total. The Hall–Kier alpha value is -1.93. The molecule has 0 bridgehead atoms. The summed E-state index contributed by atoms with van der Waals surface area (Å²) >= 11 is 0. The van der Waals surface area contributed by atoms with E-state index in [-0.39, 0.29) is 18.4 Å². The van der Waals surface area contributed by atoms with Crippen molar-refractivity contribution in [2.45, 2.75) is 91.1 Å². The van der Waals surface area contributed by atoms with E-state index in [1.54, 1.807) is 26.8 Å². The molecular weight excluding hydrogens is 362 g/mol. The van der Waals surface area contributed by atoms with Crippen LogP contribution in [0.4, 0.5) is 0 Å². The lowest BCUT2D eigenvalue weighted by Crippen LogP contribution is -2.58. The van der Waals surface area contributed by atoms with Gasteiger partial charge in [0.1, 0.15) is 6.04 Å². The average molecular weight is 398 g/mol. The molecule has 0 aromatic carbocycles. The van der Waals surface area contributed by atoms with Crippen molar-refractivity contribution < 1.29 is 24.2 Å². The summed E-state index contributed by atoms with van der Waals surface area (Å²) in [6.07, 6.45) is 2.87. The number of hydrogen-bond acceptors (Lipinski definition) is 5. The normalized spacial score (nSPS) is 23.7. The number of ether oxygens (including phenoxy) is 1. The predicted molar refractivity (Wildman–Crippen MR) is 107 cm³/mol. The van der Waals surface area contributed by atoms with Gasteiger partial charge >= 0.3 is 5.97 Å². The van der Waals surface area contributed by atoms with Crippen molar-refractivity contribution >= 4 is 17.8 Å². The van der Waals surface area contributed by atoms with Crippen LogP contribution in [0.5, 0.6) is 0 Å². The quantitative estimate of drug-likeness (QED) is 0.489. The fourth-order valence-corrected chi connectivity index (χ4v) is 3.29. The molecule has 0 spiro atoms. The molecule has 0 unspecified atom stereocenters. The van der Waals surface area contributed by atoms with Crippen molar-refractivity contribution in [1.29, 1.82) is 0 Å². The largest absolute Gasteiger partial charge is 0.480 e. The molecule has 0 aromatic heterocycles. The summed E-state index contributed by atoms with van der Waals surface area (Å²) in [4.78, 5) is 35.9. The smallest absolute Gasteiger partial charge is 0.326 e. The van der Waals surface area contributed by atoms with Crippen molar-refractivity contribution in [2.75, 3.05) is 0 Å². The third-order valence-electron chi connectivity index (χ3n) is 4.95. The van der Waals surface area contributed by atoms with Gasteiger partial charge in [0.2, 0.25) is 11.8 Å². The SMILES string of the molecule is CCC(CC)O[C@@H]1C=C(C(=O)N[C@@H](C(=O)O)C(C)(C)C)C[C@H](N)[C@H]1NC(C)=O. The van der Waals surface area contributed by atoms with E-state index < -0.39 is 41.5 Å². The third-order valence-corrected chi connectivity index (χ3v) is 4.95. The molecule has 1 rings (SSSR count). The highest BCUT2D eigenvalue weighted by Crippen LogP contribution is 2.25. The molecule has 2 amide bonds. The fraction of sp³-hybridized carbons (Fsp3) is 0.750. The Morgan fingerprint density at radius 3 is 2.29 bits per heavy atom. The number of rotatable bonds is 8. The predicted octanol–water partition coefficient (Wildman–Crippen LogP) is 1.34. The molecule has 0 radical (unpaired) electrons. The Kier molecular flexibility index (Phi) is 8.63. The summed E-state index contributed by atoms with van der Waals surface area (Å²) in [5, 5.41) is 14.9. The van der Waals surface area contributed by atoms with Gasteiger partial charge in [0.25, 0.3) is 0 Å². The van der Waals surface area contributed by atoms with E-state index in [1.165, 1.54) is 6.92 Å². The Balaban J connectivity index is 3.12. The minimum atomic E-state index is -1.09. The van der Waals surface area contributed by atoms with Crippen LogP contribution >= 0.6 is 0 Å². The number of aliphatic carboxylic acids is 1. The number of nitrogens with one attached hydrogen (secondary N) is 2. The van der Waals surface area contributed by atoms with Crippen LogP contribution < -0.4 is 16.4 Å². The van der Waals surface area contributed by atoms with Gasteiger partial charge in [-0.25, -0.2) is 4.79 Å². The molecule has 28 heavy (non-hydrogen) atoms. The second-order valence-electron chi connectivity index (χ2n) is 8.44. The number of nitrogens with two attached hydrogens (primary N) is 1. The molecular formula is C20H35N3O5. The number of carbonyl (C=O) groups excluding carboxylic acids is 2. The Bertz CT molecular complexity index is 607. The molecule has 4 atom stereocenters. The molecule has 0 fully saturated rings. The lowest BCUT2D eigenvalue weighted by atomic mass is 9.85. The molecule has 1 aliphatic rings. The monoisotopic (exact) mass is 397 g/mol. The van der Waals surface area contributed by atoms with Crippen molar-refractivity contribution in [3.8, 4) is 0 Å². The van der Waals surface area contributed by atoms with Crippen LogP contribution in [0, 0.1) is 5.41 Å².